The molecule has 0 fully saturated rings. The minimum absolute atomic E-state index is 0.308. The minimum atomic E-state index is -0.932. The molecule has 0 spiro atoms. The van der Waals surface area contributed by atoms with E-state index >= 15 is 0 Å². The number of carboxylic acids is 1. The second-order valence-electron chi connectivity index (χ2n) is 8.15. The van der Waals surface area contributed by atoms with Gasteiger partial charge in [-0.05, 0) is 48.2 Å². The van der Waals surface area contributed by atoms with Crippen LogP contribution in [0.25, 0.3) is 21.7 Å². The molecule has 2 aromatic heterocycles. The predicted octanol–water partition coefficient (Wildman–Crippen LogP) is 7.21. The Labute approximate surface area is 201 Å². The first-order valence-electron chi connectivity index (χ1n) is 10.7. The number of rotatable bonds is 8. The first-order chi connectivity index (χ1) is 15.9. The SMILES string of the molecule is COc1ccc(-c2nc(N(C)c3cc(-c4ccccc4)sc3C(=O)O)sc2CC(C)C)cc1. The summed E-state index contributed by atoms with van der Waals surface area (Å²) in [5.74, 6) is 0.342. The van der Waals surface area contributed by atoms with E-state index in [0.717, 1.165) is 39.0 Å². The highest BCUT2D eigenvalue weighted by molar-refractivity contribution is 7.18. The topological polar surface area (TPSA) is 62.7 Å². The van der Waals surface area contributed by atoms with Gasteiger partial charge in [-0.2, -0.15) is 0 Å². The van der Waals surface area contributed by atoms with Crippen molar-refractivity contribution < 1.29 is 14.6 Å². The Morgan fingerprint density at radius 3 is 2.36 bits per heavy atom. The van der Waals surface area contributed by atoms with Crippen molar-refractivity contribution in [3.05, 3.63) is 70.4 Å². The van der Waals surface area contributed by atoms with Gasteiger partial charge in [-0.15, -0.1) is 22.7 Å². The smallest absolute Gasteiger partial charge is 0.348 e. The Balaban J connectivity index is 1.76. The summed E-state index contributed by atoms with van der Waals surface area (Å²) in [6, 6.07) is 19.7. The van der Waals surface area contributed by atoms with E-state index in [0.29, 0.717) is 16.5 Å². The number of hydrogen-bond acceptors (Lipinski definition) is 6. The second-order valence-corrected chi connectivity index (χ2v) is 10.3. The van der Waals surface area contributed by atoms with E-state index in [2.05, 4.69) is 13.8 Å². The maximum absolute atomic E-state index is 12.1. The maximum Gasteiger partial charge on any atom is 0.348 e. The molecule has 0 aliphatic carbocycles. The molecule has 170 valence electrons. The summed E-state index contributed by atoms with van der Waals surface area (Å²) in [6.07, 6.45) is 0.900. The molecule has 4 rings (SSSR count). The molecule has 7 heteroatoms. The summed E-state index contributed by atoms with van der Waals surface area (Å²) in [6.45, 7) is 4.38. The third-order valence-electron chi connectivity index (χ3n) is 5.26. The van der Waals surface area contributed by atoms with E-state index in [1.165, 1.54) is 16.2 Å². The normalized spacial score (nSPS) is 11.1. The molecule has 0 aliphatic heterocycles. The summed E-state index contributed by atoms with van der Waals surface area (Å²) in [5, 5.41) is 10.7. The first kappa shape index (κ1) is 23.0. The molecule has 4 aromatic rings. The van der Waals surface area contributed by atoms with Crippen LogP contribution in [0.2, 0.25) is 0 Å². The fourth-order valence-electron chi connectivity index (χ4n) is 3.60. The quantitative estimate of drug-likeness (QED) is 0.290. The fourth-order valence-corrected chi connectivity index (χ4v) is 5.90. The zero-order chi connectivity index (χ0) is 23.5. The third kappa shape index (κ3) is 4.94. The zero-order valence-corrected chi connectivity index (χ0v) is 20.7. The largest absolute Gasteiger partial charge is 0.497 e. The number of aromatic carboxylic acids is 1. The molecule has 5 nitrogen and oxygen atoms in total. The Bertz CT molecular complexity index is 1240. The van der Waals surface area contributed by atoms with Crippen molar-refractivity contribution >= 4 is 39.5 Å². The van der Waals surface area contributed by atoms with Crippen molar-refractivity contribution in [3.63, 3.8) is 0 Å². The van der Waals surface area contributed by atoms with Gasteiger partial charge in [0.05, 0.1) is 18.5 Å². The molecule has 0 unspecified atom stereocenters. The number of thiazole rings is 1. The van der Waals surface area contributed by atoms with Crippen LogP contribution in [0, 0.1) is 5.92 Å². The average Bonchev–Trinajstić information content (AvgIpc) is 3.44. The van der Waals surface area contributed by atoms with Crippen LogP contribution in [0.15, 0.2) is 60.7 Å². The van der Waals surface area contributed by atoms with Gasteiger partial charge in [0.2, 0.25) is 0 Å². The second kappa shape index (κ2) is 9.77. The third-order valence-corrected chi connectivity index (χ3v) is 7.57. The van der Waals surface area contributed by atoms with E-state index < -0.39 is 5.97 Å². The average molecular weight is 479 g/mol. The number of thiophene rings is 1. The van der Waals surface area contributed by atoms with Gasteiger partial charge in [0, 0.05) is 22.4 Å². The molecular weight excluding hydrogens is 452 g/mol. The maximum atomic E-state index is 12.1. The highest BCUT2D eigenvalue weighted by Gasteiger charge is 2.24. The van der Waals surface area contributed by atoms with Crippen LogP contribution in [0.1, 0.15) is 28.4 Å². The van der Waals surface area contributed by atoms with Gasteiger partial charge in [0.1, 0.15) is 10.6 Å². The van der Waals surface area contributed by atoms with Crippen LogP contribution in [-0.2, 0) is 6.42 Å². The first-order valence-corrected chi connectivity index (χ1v) is 12.3. The molecule has 0 aliphatic rings. The van der Waals surface area contributed by atoms with Crippen molar-refractivity contribution in [1.82, 2.24) is 4.98 Å². The van der Waals surface area contributed by atoms with Crippen LogP contribution in [0.4, 0.5) is 10.8 Å². The summed E-state index contributed by atoms with van der Waals surface area (Å²) in [7, 11) is 3.54. The minimum Gasteiger partial charge on any atom is -0.497 e. The summed E-state index contributed by atoms with van der Waals surface area (Å²) in [5.41, 5.74) is 3.62. The number of hydrogen-bond donors (Lipinski definition) is 1. The van der Waals surface area contributed by atoms with Crippen LogP contribution < -0.4 is 9.64 Å². The Morgan fingerprint density at radius 2 is 1.76 bits per heavy atom. The number of carboxylic acid groups (broad SMARTS) is 1. The Kier molecular flexibility index (Phi) is 6.81. The van der Waals surface area contributed by atoms with Gasteiger partial charge < -0.3 is 14.7 Å². The standard InChI is InChI=1S/C26H26N2O3S2/c1-16(2)14-22-23(18-10-12-19(31-4)13-11-18)27-26(33-22)28(3)20-15-21(32-24(20)25(29)30)17-8-6-5-7-9-17/h5-13,15-16H,14H2,1-4H3,(H,29,30). The fraction of sp³-hybridized carbons (Fsp3) is 0.231. The molecule has 1 N–H and O–H groups in total. The van der Waals surface area contributed by atoms with Crippen LogP contribution in [0.3, 0.4) is 0 Å². The van der Waals surface area contributed by atoms with Crippen molar-refractivity contribution in [1.29, 1.82) is 0 Å². The molecule has 0 radical (unpaired) electrons. The summed E-state index contributed by atoms with van der Waals surface area (Å²) in [4.78, 5) is 21.3. The lowest BCUT2D eigenvalue weighted by molar-refractivity contribution is 0.0703. The van der Waals surface area contributed by atoms with Gasteiger partial charge in [-0.1, -0.05) is 44.2 Å². The highest BCUT2D eigenvalue weighted by Crippen LogP contribution is 2.42. The number of ether oxygens (including phenoxy) is 1. The van der Waals surface area contributed by atoms with Crippen molar-refractivity contribution in [3.8, 4) is 27.4 Å². The predicted molar refractivity (Wildman–Crippen MR) is 137 cm³/mol. The lowest BCUT2D eigenvalue weighted by atomic mass is 10.0. The summed E-state index contributed by atoms with van der Waals surface area (Å²) < 4.78 is 5.30. The Hall–Kier alpha value is -3.16. The monoisotopic (exact) mass is 478 g/mol. The number of aromatic nitrogens is 1. The van der Waals surface area contributed by atoms with Crippen LogP contribution in [0.5, 0.6) is 5.75 Å². The van der Waals surface area contributed by atoms with Gasteiger partial charge in [0.15, 0.2) is 5.13 Å². The van der Waals surface area contributed by atoms with Crippen molar-refractivity contribution in [2.24, 2.45) is 5.92 Å². The zero-order valence-electron chi connectivity index (χ0n) is 19.0. The van der Waals surface area contributed by atoms with Gasteiger partial charge >= 0.3 is 5.97 Å². The van der Waals surface area contributed by atoms with E-state index in [-0.39, 0.29) is 0 Å². The Morgan fingerprint density at radius 1 is 1.06 bits per heavy atom. The van der Waals surface area contributed by atoms with Crippen LogP contribution in [-0.4, -0.2) is 30.2 Å². The highest BCUT2D eigenvalue weighted by atomic mass is 32.1. The lowest BCUT2D eigenvalue weighted by Crippen LogP contribution is -2.11. The molecule has 0 saturated carbocycles. The molecular formula is C26H26N2O3S2. The molecule has 0 saturated heterocycles. The summed E-state index contributed by atoms with van der Waals surface area (Å²) >= 11 is 2.90. The van der Waals surface area contributed by atoms with E-state index in [4.69, 9.17) is 9.72 Å². The number of carbonyl (C=O) groups is 1. The molecule has 0 atom stereocenters. The molecule has 0 amide bonds. The number of benzene rings is 2. The molecule has 0 bridgehead atoms. The van der Waals surface area contributed by atoms with Crippen LogP contribution >= 0.6 is 22.7 Å². The van der Waals surface area contributed by atoms with Gasteiger partial charge in [0.25, 0.3) is 0 Å². The number of methoxy groups -OCH3 is 1. The molecule has 33 heavy (non-hydrogen) atoms. The molecule has 2 heterocycles. The molecule has 2 aromatic carbocycles. The number of anilines is 2. The van der Waals surface area contributed by atoms with E-state index in [1.54, 1.807) is 18.4 Å². The number of nitrogens with zero attached hydrogens (tertiary/aromatic N) is 2. The van der Waals surface area contributed by atoms with E-state index in [9.17, 15) is 9.90 Å². The van der Waals surface area contributed by atoms with Gasteiger partial charge in [-0.25, -0.2) is 9.78 Å². The van der Waals surface area contributed by atoms with Crippen molar-refractivity contribution in [2.45, 2.75) is 20.3 Å². The lowest BCUT2D eigenvalue weighted by Gasteiger charge is -2.15. The van der Waals surface area contributed by atoms with E-state index in [1.807, 2.05) is 72.6 Å². The van der Waals surface area contributed by atoms with Gasteiger partial charge in [-0.3, -0.25) is 0 Å². The van der Waals surface area contributed by atoms with Crippen molar-refractivity contribution in [2.75, 3.05) is 19.1 Å².